The highest BCUT2D eigenvalue weighted by Gasteiger charge is 2.16. The summed E-state index contributed by atoms with van der Waals surface area (Å²) in [5, 5.41) is 17.4. The van der Waals surface area contributed by atoms with Gasteiger partial charge in [-0.05, 0) is 17.7 Å². The van der Waals surface area contributed by atoms with Crippen molar-refractivity contribution in [2.75, 3.05) is 5.73 Å². The second-order valence-corrected chi connectivity index (χ2v) is 4.47. The van der Waals surface area contributed by atoms with E-state index in [2.05, 4.69) is 10.2 Å². The summed E-state index contributed by atoms with van der Waals surface area (Å²) >= 11 is 12.0. The molecule has 0 aliphatic carbocycles. The molecule has 4 nitrogen and oxygen atoms in total. The van der Waals surface area contributed by atoms with Crippen molar-refractivity contribution in [2.45, 2.75) is 12.5 Å². The Morgan fingerprint density at radius 1 is 1.35 bits per heavy atom. The number of anilines is 1. The fourth-order valence-corrected chi connectivity index (χ4v) is 2.15. The van der Waals surface area contributed by atoms with Gasteiger partial charge in [-0.2, -0.15) is 5.10 Å². The van der Waals surface area contributed by atoms with E-state index in [0.717, 1.165) is 0 Å². The number of nitrogens with zero attached hydrogens (tertiary/aromatic N) is 1. The van der Waals surface area contributed by atoms with Crippen LogP contribution in [0.2, 0.25) is 10.0 Å². The Hall–Kier alpha value is -1.23. The van der Waals surface area contributed by atoms with Gasteiger partial charge in [0.05, 0.1) is 12.3 Å². The Morgan fingerprint density at radius 3 is 2.53 bits per heavy atom. The molecule has 1 atom stereocenters. The standard InChI is InChI=1S/C11H11Cl2N3O/c12-8-2-1-3-9(13)6(8)4-10(17)7-5-15-16-11(7)14/h1-3,5,10,17H,4H2,(H3,14,15,16). The molecule has 17 heavy (non-hydrogen) atoms. The third kappa shape index (κ3) is 2.54. The molecule has 0 aliphatic rings. The molecular formula is C11H11Cl2N3O. The third-order valence-electron chi connectivity index (χ3n) is 2.52. The lowest BCUT2D eigenvalue weighted by molar-refractivity contribution is 0.179. The van der Waals surface area contributed by atoms with Crippen molar-refractivity contribution in [3.63, 3.8) is 0 Å². The maximum absolute atomic E-state index is 10.0. The number of nitrogen functional groups attached to an aromatic ring is 1. The van der Waals surface area contributed by atoms with Gasteiger partial charge in [0.25, 0.3) is 0 Å². The molecule has 1 aromatic heterocycles. The zero-order chi connectivity index (χ0) is 12.4. The van der Waals surface area contributed by atoms with Crippen molar-refractivity contribution < 1.29 is 5.11 Å². The van der Waals surface area contributed by atoms with E-state index in [9.17, 15) is 5.11 Å². The SMILES string of the molecule is Nc1[nH]ncc1C(O)Cc1c(Cl)cccc1Cl. The molecule has 1 heterocycles. The summed E-state index contributed by atoms with van der Waals surface area (Å²) in [6, 6.07) is 5.22. The van der Waals surface area contributed by atoms with Crippen LogP contribution in [0.1, 0.15) is 17.2 Å². The molecule has 0 fully saturated rings. The number of nitrogens with one attached hydrogen (secondary N) is 1. The Labute approximate surface area is 108 Å². The van der Waals surface area contributed by atoms with E-state index in [4.69, 9.17) is 28.9 Å². The largest absolute Gasteiger partial charge is 0.388 e. The summed E-state index contributed by atoms with van der Waals surface area (Å²) < 4.78 is 0. The second-order valence-electron chi connectivity index (χ2n) is 3.66. The van der Waals surface area contributed by atoms with Gasteiger partial charge in [-0.15, -0.1) is 0 Å². The molecule has 0 aliphatic heterocycles. The quantitative estimate of drug-likeness (QED) is 0.803. The number of aliphatic hydroxyl groups is 1. The first kappa shape index (κ1) is 12.2. The van der Waals surface area contributed by atoms with Gasteiger partial charge < -0.3 is 10.8 Å². The molecule has 2 rings (SSSR count). The lowest BCUT2D eigenvalue weighted by atomic mass is 10.0. The first-order chi connectivity index (χ1) is 8.09. The van der Waals surface area contributed by atoms with Crippen LogP contribution in [0, 0.1) is 0 Å². The first-order valence-corrected chi connectivity index (χ1v) is 5.75. The highest BCUT2D eigenvalue weighted by molar-refractivity contribution is 6.36. The number of halogens is 2. The molecule has 1 aromatic carbocycles. The van der Waals surface area contributed by atoms with Gasteiger partial charge in [0.1, 0.15) is 5.82 Å². The molecule has 2 aromatic rings. The molecule has 0 saturated carbocycles. The number of rotatable bonds is 3. The highest BCUT2D eigenvalue weighted by atomic mass is 35.5. The number of nitrogens with two attached hydrogens (primary N) is 1. The summed E-state index contributed by atoms with van der Waals surface area (Å²) in [5.74, 6) is 0.348. The minimum absolute atomic E-state index is 0.294. The zero-order valence-electron chi connectivity index (χ0n) is 8.82. The van der Waals surface area contributed by atoms with Gasteiger partial charge in [-0.1, -0.05) is 29.3 Å². The summed E-state index contributed by atoms with van der Waals surface area (Å²) in [6.45, 7) is 0. The topological polar surface area (TPSA) is 74.9 Å². The molecule has 6 heteroatoms. The summed E-state index contributed by atoms with van der Waals surface area (Å²) in [7, 11) is 0. The molecular weight excluding hydrogens is 261 g/mol. The average molecular weight is 272 g/mol. The molecule has 0 amide bonds. The molecule has 90 valence electrons. The molecule has 1 unspecified atom stereocenters. The monoisotopic (exact) mass is 271 g/mol. The van der Waals surface area contributed by atoms with Crippen LogP contribution < -0.4 is 5.73 Å². The van der Waals surface area contributed by atoms with Crippen LogP contribution in [-0.2, 0) is 6.42 Å². The highest BCUT2D eigenvalue weighted by Crippen LogP contribution is 2.30. The van der Waals surface area contributed by atoms with Gasteiger partial charge >= 0.3 is 0 Å². The minimum Gasteiger partial charge on any atom is -0.388 e. The van der Waals surface area contributed by atoms with E-state index < -0.39 is 6.10 Å². The number of aromatic amines is 1. The number of aromatic nitrogens is 2. The van der Waals surface area contributed by atoms with Crippen LogP contribution in [-0.4, -0.2) is 15.3 Å². The summed E-state index contributed by atoms with van der Waals surface area (Å²) in [6.07, 6.45) is 0.999. The average Bonchev–Trinajstić information content (AvgIpc) is 2.70. The van der Waals surface area contributed by atoms with Crippen molar-refractivity contribution >= 4 is 29.0 Å². The molecule has 0 bridgehead atoms. The van der Waals surface area contributed by atoms with Gasteiger partial charge in [0.2, 0.25) is 0 Å². The van der Waals surface area contributed by atoms with Gasteiger partial charge in [0, 0.05) is 22.0 Å². The number of hydrogen-bond donors (Lipinski definition) is 3. The summed E-state index contributed by atoms with van der Waals surface area (Å²) in [4.78, 5) is 0. The smallest absolute Gasteiger partial charge is 0.124 e. The van der Waals surface area contributed by atoms with Crippen molar-refractivity contribution in [3.8, 4) is 0 Å². The van der Waals surface area contributed by atoms with Crippen LogP contribution in [0.25, 0.3) is 0 Å². The summed E-state index contributed by atoms with van der Waals surface area (Å²) in [5.41, 5.74) is 6.87. The van der Waals surface area contributed by atoms with Gasteiger partial charge in [0.15, 0.2) is 0 Å². The predicted octanol–water partition coefficient (Wildman–Crippen LogP) is 2.57. The van der Waals surface area contributed by atoms with Crippen molar-refractivity contribution in [1.29, 1.82) is 0 Å². The Kier molecular flexibility index (Phi) is 3.57. The van der Waals surface area contributed by atoms with E-state index in [0.29, 0.717) is 33.4 Å². The predicted molar refractivity (Wildman–Crippen MR) is 68.1 cm³/mol. The van der Waals surface area contributed by atoms with E-state index in [1.165, 1.54) is 6.20 Å². The van der Waals surface area contributed by atoms with E-state index in [-0.39, 0.29) is 0 Å². The number of benzene rings is 1. The van der Waals surface area contributed by atoms with Crippen LogP contribution >= 0.6 is 23.2 Å². The van der Waals surface area contributed by atoms with Crippen molar-refractivity contribution in [1.82, 2.24) is 10.2 Å². The van der Waals surface area contributed by atoms with Crippen LogP contribution in [0.5, 0.6) is 0 Å². The maximum Gasteiger partial charge on any atom is 0.124 e. The molecule has 0 saturated heterocycles. The number of H-pyrrole nitrogens is 1. The minimum atomic E-state index is -0.786. The zero-order valence-corrected chi connectivity index (χ0v) is 10.3. The van der Waals surface area contributed by atoms with Crippen molar-refractivity contribution in [3.05, 3.63) is 45.6 Å². The van der Waals surface area contributed by atoms with E-state index >= 15 is 0 Å². The van der Waals surface area contributed by atoms with Crippen LogP contribution in [0.15, 0.2) is 24.4 Å². The fraction of sp³-hybridized carbons (Fsp3) is 0.182. The molecule has 0 radical (unpaired) electrons. The Morgan fingerprint density at radius 2 is 2.00 bits per heavy atom. The van der Waals surface area contributed by atoms with E-state index in [1.54, 1.807) is 18.2 Å². The maximum atomic E-state index is 10.0. The Bertz CT molecular complexity index is 507. The number of aliphatic hydroxyl groups excluding tert-OH is 1. The third-order valence-corrected chi connectivity index (χ3v) is 3.23. The molecule has 0 spiro atoms. The number of hydrogen-bond acceptors (Lipinski definition) is 3. The van der Waals surface area contributed by atoms with Crippen LogP contribution in [0.3, 0.4) is 0 Å². The first-order valence-electron chi connectivity index (χ1n) is 4.99. The lowest BCUT2D eigenvalue weighted by Gasteiger charge is -2.12. The van der Waals surface area contributed by atoms with Crippen molar-refractivity contribution in [2.24, 2.45) is 0 Å². The Balaban J connectivity index is 2.25. The second kappa shape index (κ2) is 4.96. The lowest BCUT2D eigenvalue weighted by Crippen LogP contribution is -2.04. The van der Waals surface area contributed by atoms with E-state index in [1.807, 2.05) is 0 Å². The molecule has 4 N–H and O–H groups in total. The fourth-order valence-electron chi connectivity index (χ4n) is 1.60. The van der Waals surface area contributed by atoms with Gasteiger partial charge in [-0.25, -0.2) is 0 Å². The van der Waals surface area contributed by atoms with Gasteiger partial charge in [-0.3, -0.25) is 5.10 Å². The van der Waals surface area contributed by atoms with Crippen LogP contribution in [0.4, 0.5) is 5.82 Å². The normalized spacial score (nSPS) is 12.6.